The van der Waals surface area contributed by atoms with Crippen molar-refractivity contribution in [1.82, 2.24) is 9.29 Å². The minimum Gasteiger partial charge on any atom is -0.372 e. The van der Waals surface area contributed by atoms with E-state index in [1.807, 2.05) is 36.3 Å². The first-order chi connectivity index (χ1) is 16.3. The standard InChI is InChI=1S/C28H34N4S/c1-2-31-19-7-8-23-20-22(12-17-27(23)31)21-32(25-9-3-4-10-25)33-26-15-13-24(14-16-26)30-28-11-5-6-18-29-28/h5-6,11-18,20,25H,2-4,7-10,19,21H2,1H3,(H,29,30). The number of hydrogen-bond acceptors (Lipinski definition) is 5. The van der Waals surface area contributed by atoms with E-state index in [0.717, 1.165) is 24.6 Å². The van der Waals surface area contributed by atoms with Gasteiger partial charge in [0, 0.05) is 48.1 Å². The van der Waals surface area contributed by atoms with Crippen LogP contribution in [0.15, 0.2) is 71.8 Å². The number of anilines is 3. The minimum atomic E-state index is 0.657. The molecule has 0 spiro atoms. The maximum atomic E-state index is 4.36. The molecule has 4 nitrogen and oxygen atoms in total. The summed E-state index contributed by atoms with van der Waals surface area (Å²) in [4.78, 5) is 8.17. The van der Waals surface area contributed by atoms with Crippen LogP contribution in [0, 0.1) is 0 Å². The smallest absolute Gasteiger partial charge is 0.130 e. The van der Waals surface area contributed by atoms with E-state index >= 15 is 0 Å². The Balaban J connectivity index is 1.29. The normalized spacial score (nSPS) is 16.2. The summed E-state index contributed by atoms with van der Waals surface area (Å²) in [6, 6.07) is 22.5. The molecule has 33 heavy (non-hydrogen) atoms. The highest BCUT2D eigenvalue weighted by Crippen LogP contribution is 2.36. The lowest BCUT2D eigenvalue weighted by Crippen LogP contribution is -2.29. The van der Waals surface area contributed by atoms with Gasteiger partial charge in [0.2, 0.25) is 0 Å². The van der Waals surface area contributed by atoms with Gasteiger partial charge in [-0.2, -0.15) is 0 Å². The Labute approximate surface area is 202 Å². The fraction of sp³-hybridized carbons (Fsp3) is 0.393. The Hall–Kier alpha value is -2.50. The third-order valence-corrected chi connectivity index (χ3v) is 7.97. The molecule has 2 aliphatic rings. The molecule has 172 valence electrons. The third-order valence-electron chi connectivity index (χ3n) is 6.83. The van der Waals surface area contributed by atoms with Gasteiger partial charge < -0.3 is 10.2 Å². The van der Waals surface area contributed by atoms with Crippen molar-refractivity contribution in [2.45, 2.75) is 62.9 Å². The summed E-state index contributed by atoms with van der Waals surface area (Å²) in [5.41, 5.74) is 5.49. The zero-order valence-corrected chi connectivity index (χ0v) is 20.4. The predicted octanol–water partition coefficient (Wildman–Crippen LogP) is 7.05. The van der Waals surface area contributed by atoms with Crippen LogP contribution in [0.4, 0.5) is 17.2 Å². The molecule has 0 bridgehead atoms. The van der Waals surface area contributed by atoms with Gasteiger partial charge in [0.25, 0.3) is 0 Å². The summed E-state index contributed by atoms with van der Waals surface area (Å²) in [6.07, 6.45) is 9.61. The second kappa shape index (κ2) is 10.6. The van der Waals surface area contributed by atoms with Crippen LogP contribution in [0.2, 0.25) is 0 Å². The average Bonchev–Trinajstić information content (AvgIpc) is 3.40. The molecule has 1 saturated carbocycles. The topological polar surface area (TPSA) is 31.4 Å². The number of nitrogens with one attached hydrogen (secondary N) is 1. The molecule has 3 aromatic rings. The summed E-state index contributed by atoms with van der Waals surface area (Å²) in [5, 5.41) is 3.38. The van der Waals surface area contributed by atoms with Crippen molar-refractivity contribution in [3.63, 3.8) is 0 Å². The van der Waals surface area contributed by atoms with E-state index in [1.54, 1.807) is 0 Å². The van der Waals surface area contributed by atoms with E-state index in [1.165, 1.54) is 66.8 Å². The highest BCUT2D eigenvalue weighted by molar-refractivity contribution is 7.97. The first-order valence-corrected chi connectivity index (χ1v) is 13.2. The summed E-state index contributed by atoms with van der Waals surface area (Å²) in [7, 11) is 0. The van der Waals surface area contributed by atoms with Crippen molar-refractivity contribution < 1.29 is 0 Å². The number of benzene rings is 2. The summed E-state index contributed by atoms with van der Waals surface area (Å²) < 4.78 is 2.64. The van der Waals surface area contributed by atoms with Gasteiger partial charge in [0.15, 0.2) is 0 Å². The van der Waals surface area contributed by atoms with E-state index in [4.69, 9.17) is 0 Å². The van der Waals surface area contributed by atoms with Crippen molar-refractivity contribution in [3.05, 3.63) is 78.0 Å². The molecule has 0 radical (unpaired) electrons. The Morgan fingerprint density at radius 3 is 2.64 bits per heavy atom. The summed E-state index contributed by atoms with van der Waals surface area (Å²) in [6.45, 7) is 5.56. The molecule has 1 N–H and O–H groups in total. The van der Waals surface area contributed by atoms with Gasteiger partial charge in [-0.25, -0.2) is 9.29 Å². The molecule has 2 aromatic carbocycles. The van der Waals surface area contributed by atoms with Gasteiger partial charge in [0.1, 0.15) is 5.82 Å². The lowest BCUT2D eigenvalue weighted by atomic mass is 9.99. The summed E-state index contributed by atoms with van der Waals surface area (Å²) in [5.74, 6) is 0.875. The van der Waals surface area contributed by atoms with Crippen LogP contribution in [-0.4, -0.2) is 28.4 Å². The zero-order valence-electron chi connectivity index (χ0n) is 19.5. The molecule has 0 saturated heterocycles. The first kappa shape index (κ1) is 22.3. The van der Waals surface area contributed by atoms with E-state index in [-0.39, 0.29) is 0 Å². The number of hydrogen-bond donors (Lipinski definition) is 1. The maximum Gasteiger partial charge on any atom is 0.130 e. The lowest BCUT2D eigenvalue weighted by molar-refractivity contribution is 0.350. The molecule has 5 rings (SSSR count). The Kier molecular flexibility index (Phi) is 7.18. The van der Waals surface area contributed by atoms with Crippen LogP contribution >= 0.6 is 11.9 Å². The molecule has 1 aromatic heterocycles. The SMILES string of the molecule is CCN1CCCc2cc(CN(Sc3ccc(Nc4ccccn4)cc3)C3CCCC3)ccc21. The van der Waals surface area contributed by atoms with Crippen LogP contribution in [0.5, 0.6) is 0 Å². The fourth-order valence-corrected chi connectivity index (χ4v) is 6.18. The van der Waals surface area contributed by atoms with Crippen molar-refractivity contribution >= 4 is 29.1 Å². The molecule has 5 heteroatoms. The van der Waals surface area contributed by atoms with Crippen molar-refractivity contribution in [1.29, 1.82) is 0 Å². The second-order valence-electron chi connectivity index (χ2n) is 9.12. The molecule has 0 atom stereocenters. The number of pyridine rings is 1. The molecule has 0 unspecified atom stereocenters. The Bertz CT molecular complexity index is 1030. The maximum absolute atomic E-state index is 4.36. The van der Waals surface area contributed by atoms with Gasteiger partial charge in [-0.05, 0) is 98.1 Å². The van der Waals surface area contributed by atoms with E-state index in [2.05, 4.69) is 68.9 Å². The number of rotatable bonds is 8. The lowest BCUT2D eigenvalue weighted by Gasteiger charge is -2.32. The Morgan fingerprint density at radius 1 is 1.03 bits per heavy atom. The molecule has 1 fully saturated rings. The van der Waals surface area contributed by atoms with Crippen LogP contribution in [0.3, 0.4) is 0 Å². The van der Waals surface area contributed by atoms with E-state index < -0.39 is 0 Å². The van der Waals surface area contributed by atoms with Gasteiger partial charge in [-0.3, -0.25) is 0 Å². The van der Waals surface area contributed by atoms with E-state index in [9.17, 15) is 0 Å². The largest absolute Gasteiger partial charge is 0.372 e. The third kappa shape index (κ3) is 5.53. The van der Waals surface area contributed by atoms with Crippen molar-refractivity contribution in [3.8, 4) is 0 Å². The van der Waals surface area contributed by atoms with Crippen LogP contribution in [-0.2, 0) is 13.0 Å². The van der Waals surface area contributed by atoms with Crippen LogP contribution < -0.4 is 10.2 Å². The van der Waals surface area contributed by atoms with Crippen molar-refractivity contribution in [2.24, 2.45) is 0 Å². The number of aryl methyl sites for hydroxylation is 1. The van der Waals surface area contributed by atoms with Gasteiger partial charge >= 0.3 is 0 Å². The molecular weight excluding hydrogens is 424 g/mol. The van der Waals surface area contributed by atoms with Crippen molar-refractivity contribution in [2.75, 3.05) is 23.3 Å². The van der Waals surface area contributed by atoms with Crippen LogP contribution in [0.25, 0.3) is 0 Å². The molecule has 2 heterocycles. The summed E-state index contributed by atoms with van der Waals surface area (Å²) >= 11 is 1.92. The Morgan fingerprint density at radius 2 is 1.88 bits per heavy atom. The first-order valence-electron chi connectivity index (χ1n) is 12.4. The van der Waals surface area contributed by atoms with Gasteiger partial charge in [-0.1, -0.05) is 31.0 Å². The zero-order chi connectivity index (χ0) is 22.5. The highest BCUT2D eigenvalue weighted by Gasteiger charge is 2.24. The molecular formula is C28H34N4S. The van der Waals surface area contributed by atoms with Crippen LogP contribution in [0.1, 0.15) is 50.2 Å². The molecule has 1 aliphatic heterocycles. The van der Waals surface area contributed by atoms with Gasteiger partial charge in [0.05, 0.1) is 0 Å². The highest BCUT2D eigenvalue weighted by atomic mass is 32.2. The number of aromatic nitrogens is 1. The average molecular weight is 459 g/mol. The minimum absolute atomic E-state index is 0.657. The number of nitrogens with zero attached hydrogens (tertiary/aromatic N) is 3. The number of fused-ring (bicyclic) bond motifs is 1. The van der Waals surface area contributed by atoms with Gasteiger partial charge in [-0.15, -0.1) is 0 Å². The predicted molar refractivity (Wildman–Crippen MR) is 140 cm³/mol. The fourth-order valence-electron chi connectivity index (χ4n) is 5.08. The molecule has 0 amide bonds. The monoisotopic (exact) mass is 458 g/mol. The second-order valence-corrected chi connectivity index (χ2v) is 10.2. The molecule has 1 aliphatic carbocycles. The van der Waals surface area contributed by atoms with E-state index in [0.29, 0.717) is 6.04 Å². The quantitative estimate of drug-likeness (QED) is 0.366.